The second-order valence-corrected chi connectivity index (χ2v) is 7.33. The van der Waals surface area contributed by atoms with Gasteiger partial charge in [0.15, 0.2) is 22.7 Å². The third-order valence-corrected chi connectivity index (χ3v) is 5.49. The molecule has 0 saturated carbocycles. The van der Waals surface area contributed by atoms with Crippen molar-refractivity contribution in [3.8, 4) is 11.5 Å². The fraction of sp³-hybridized carbons (Fsp3) is 0.111. The van der Waals surface area contributed by atoms with Gasteiger partial charge in [-0.3, -0.25) is 0 Å². The molecule has 6 aromatic rings. The molecule has 0 N–H and O–H groups in total. The Balaban J connectivity index is 0.000000132. The molecule has 154 valence electrons. The normalized spacial score (nSPS) is 11.1. The Labute approximate surface area is 179 Å². The van der Waals surface area contributed by atoms with Crippen molar-refractivity contribution < 1.29 is 18.3 Å². The Bertz CT molecular complexity index is 1520. The van der Waals surface area contributed by atoms with Crippen LogP contribution in [0.2, 0.25) is 0 Å². The maximum Gasteiger partial charge on any atom is 0.177 e. The molecule has 4 nitrogen and oxygen atoms in total. The van der Waals surface area contributed by atoms with Gasteiger partial charge in [0.25, 0.3) is 0 Å². The van der Waals surface area contributed by atoms with Crippen LogP contribution >= 0.6 is 0 Å². The maximum atomic E-state index is 5.88. The molecule has 0 aliphatic rings. The molecule has 0 aliphatic carbocycles. The number of furan rings is 2. The van der Waals surface area contributed by atoms with Crippen LogP contribution in [0, 0.1) is 6.92 Å². The first kappa shape index (κ1) is 19.1. The number of para-hydroxylation sites is 4. The fourth-order valence-electron chi connectivity index (χ4n) is 3.98. The maximum absolute atomic E-state index is 5.88. The molecule has 6 rings (SSSR count). The van der Waals surface area contributed by atoms with Crippen molar-refractivity contribution in [3.05, 3.63) is 84.4 Å². The lowest BCUT2D eigenvalue weighted by atomic mass is 10.1. The topological polar surface area (TPSA) is 44.7 Å². The van der Waals surface area contributed by atoms with Crippen molar-refractivity contribution in [1.29, 1.82) is 0 Å². The number of fused-ring (bicyclic) bond motifs is 6. The summed E-state index contributed by atoms with van der Waals surface area (Å²) < 4.78 is 22.2. The average molecular weight is 410 g/mol. The molecule has 0 amide bonds. The van der Waals surface area contributed by atoms with E-state index in [0.29, 0.717) is 0 Å². The van der Waals surface area contributed by atoms with Crippen LogP contribution in [0.4, 0.5) is 0 Å². The second kappa shape index (κ2) is 7.73. The first-order valence-corrected chi connectivity index (χ1v) is 10.1. The third kappa shape index (κ3) is 3.17. The predicted molar refractivity (Wildman–Crippen MR) is 125 cm³/mol. The number of ether oxygens (including phenoxy) is 2. The Morgan fingerprint density at radius 1 is 0.516 bits per heavy atom. The molecule has 4 aromatic carbocycles. The number of rotatable bonds is 2. The molecule has 0 bridgehead atoms. The van der Waals surface area contributed by atoms with Gasteiger partial charge < -0.3 is 18.3 Å². The average Bonchev–Trinajstić information content (AvgIpc) is 3.39. The van der Waals surface area contributed by atoms with E-state index in [4.69, 9.17) is 18.3 Å². The summed E-state index contributed by atoms with van der Waals surface area (Å²) in [5.74, 6) is 1.57. The molecular formula is C27H22O4. The van der Waals surface area contributed by atoms with Crippen LogP contribution < -0.4 is 9.47 Å². The van der Waals surface area contributed by atoms with Gasteiger partial charge in [-0.25, -0.2) is 0 Å². The zero-order valence-electron chi connectivity index (χ0n) is 17.6. The highest BCUT2D eigenvalue weighted by molar-refractivity contribution is 6.08. The minimum Gasteiger partial charge on any atom is -0.493 e. The lowest BCUT2D eigenvalue weighted by molar-refractivity contribution is 0.412. The van der Waals surface area contributed by atoms with E-state index in [-0.39, 0.29) is 0 Å². The van der Waals surface area contributed by atoms with E-state index in [1.807, 2.05) is 54.6 Å². The molecule has 0 atom stereocenters. The molecule has 2 heterocycles. The number of hydrogen-bond donors (Lipinski definition) is 0. The van der Waals surface area contributed by atoms with Gasteiger partial charge in [0, 0.05) is 21.5 Å². The SMILES string of the molecule is COc1cccc2c1oc1c(C)cccc12.COc1cccc2c1oc1ccccc12. The van der Waals surface area contributed by atoms with Crippen molar-refractivity contribution in [2.75, 3.05) is 14.2 Å². The molecule has 0 radical (unpaired) electrons. The van der Waals surface area contributed by atoms with Crippen molar-refractivity contribution in [1.82, 2.24) is 0 Å². The number of methoxy groups -OCH3 is 2. The zero-order chi connectivity index (χ0) is 21.4. The van der Waals surface area contributed by atoms with Crippen LogP contribution in [-0.2, 0) is 0 Å². The highest BCUT2D eigenvalue weighted by Gasteiger charge is 2.12. The second-order valence-electron chi connectivity index (χ2n) is 7.33. The fourth-order valence-corrected chi connectivity index (χ4v) is 3.98. The molecule has 0 fully saturated rings. The largest absolute Gasteiger partial charge is 0.493 e. The Kier molecular flexibility index (Phi) is 4.75. The molecule has 4 heteroatoms. The van der Waals surface area contributed by atoms with Crippen molar-refractivity contribution >= 4 is 43.9 Å². The number of hydrogen-bond acceptors (Lipinski definition) is 4. The van der Waals surface area contributed by atoms with Crippen LogP contribution in [0.15, 0.2) is 87.7 Å². The van der Waals surface area contributed by atoms with Crippen molar-refractivity contribution in [2.24, 2.45) is 0 Å². The third-order valence-electron chi connectivity index (χ3n) is 5.49. The van der Waals surface area contributed by atoms with Crippen LogP contribution in [0.25, 0.3) is 43.9 Å². The van der Waals surface area contributed by atoms with Crippen LogP contribution in [0.1, 0.15) is 5.56 Å². The minimum atomic E-state index is 0.781. The number of benzene rings is 4. The lowest BCUT2D eigenvalue weighted by Gasteiger charge is -1.98. The quantitative estimate of drug-likeness (QED) is 0.296. The van der Waals surface area contributed by atoms with Gasteiger partial charge in [-0.1, -0.05) is 60.7 Å². The monoisotopic (exact) mass is 410 g/mol. The summed E-state index contributed by atoms with van der Waals surface area (Å²) in [6.07, 6.45) is 0. The highest BCUT2D eigenvalue weighted by Crippen LogP contribution is 2.36. The summed E-state index contributed by atoms with van der Waals surface area (Å²) in [6, 6.07) is 26.1. The van der Waals surface area contributed by atoms with Gasteiger partial charge in [0.1, 0.15) is 11.2 Å². The molecular weight excluding hydrogens is 388 g/mol. The summed E-state index contributed by atoms with van der Waals surface area (Å²) >= 11 is 0. The molecule has 31 heavy (non-hydrogen) atoms. The summed E-state index contributed by atoms with van der Waals surface area (Å²) in [4.78, 5) is 0. The first-order chi connectivity index (χ1) is 15.2. The van der Waals surface area contributed by atoms with Gasteiger partial charge in [-0.15, -0.1) is 0 Å². The predicted octanol–water partition coefficient (Wildman–Crippen LogP) is 7.50. The molecule has 0 unspecified atom stereocenters. The van der Waals surface area contributed by atoms with E-state index in [1.54, 1.807) is 14.2 Å². The summed E-state index contributed by atoms with van der Waals surface area (Å²) in [6.45, 7) is 2.05. The smallest absolute Gasteiger partial charge is 0.177 e. The van der Waals surface area contributed by atoms with Crippen molar-refractivity contribution in [3.63, 3.8) is 0 Å². The van der Waals surface area contributed by atoms with E-state index >= 15 is 0 Å². The van der Waals surface area contributed by atoms with E-state index < -0.39 is 0 Å². The standard InChI is InChI=1S/C14H12O2.C13H10O2/c1-9-5-3-6-10-11-7-4-8-12(15-2)14(11)16-13(9)10;1-14-12-8-4-6-10-9-5-2-3-7-11(9)15-13(10)12/h3-8H,1-2H3;2-8H,1H3. The van der Waals surface area contributed by atoms with Gasteiger partial charge in [-0.05, 0) is 30.7 Å². The summed E-state index contributed by atoms with van der Waals surface area (Å²) in [7, 11) is 3.32. The van der Waals surface area contributed by atoms with Crippen LogP contribution in [0.5, 0.6) is 11.5 Å². The van der Waals surface area contributed by atoms with Crippen molar-refractivity contribution in [2.45, 2.75) is 6.92 Å². The highest BCUT2D eigenvalue weighted by atomic mass is 16.5. The Morgan fingerprint density at radius 3 is 1.71 bits per heavy atom. The molecule has 0 spiro atoms. The Morgan fingerprint density at radius 2 is 1.03 bits per heavy atom. The van der Waals surface area contributed by atoms with Gasteiger partial charge >= 0.3 is 0 Å². The van der Waals surface area contributed by atoms with Crippen LogP contribution in [-0.4, -0.2) is 14.2 Å². The molecule has 2 aromatic heterocycles. The number of aryl methyl sites for hydroxylation is 1. The van der Waals surface area contributed by atoms with Crippen LogP contribution in [0.3, 0.4) is 0 Å². The lowest BCUT2D eigenvalue weighted by Crippen LogP contribution is -1.81. The minimum absolute atomic E-state index is 0.781. The van der Waals surface area contributed by atoms with E-state index in [9.17, 15) is 0 Å². The van der Waals surface area contributed by atoms with Gasteiger partial charge in [0.2, 0.25) is 0 Å². The summed E-state index contributed by atoms with van der Waals surface area (Å²) in [5, 5.41) is 4.49. The van der Waals surface area contributed by atoms with E-state index in [2.05, 4.69) is 31.2 Å². The van der Waals surface area contributed by atoms with E-state index in [0.717, 1.165) is 60.9 Å². The first-order valence-electron chi connectivity index (χ1n) is 10.1. The van der Waals surface area contributed by atoms with E-state index in [1.165, 1.54) is 0 Å². The Hall–Kier alpha value is -3.92. The summed E-state index contributed by atoms with van der Waals surface area (Å²) in [5.41, 5.74) is 4.64. The molecule has 0 aliphatic heterocycles. The molecule has 0 saturated heterocycles. The van der Waals surface area contributed by atoms with Gasteiger partial charge in [0.05, 0.1) is 14.2 Å². The van der Waals surface area contributed by atoms with Gasteiger partial charge in [-0.2, -0.15) is 0 Å². The zero-order valence-corrected chi connectivity index (χ0v) is 17.6.